The largest absolute Gasteiger partial charge is 0.466 e. The van der Waals surface area contributed by atoms with Crippen molar-refractivity contribution in [1.82, 2.24) is 5.32 Å². The molecule has 0 amide bonds. The van der Waals surface area contributed by atoms with Gasteiger partial charge in [-0.2, -0.15) is 0 Å². The number of hydrogen-bond donors (Lipinski definition) is 1. The third kappa shape index (κ3) is 2.92. The van der Waals surface area contributed by atoms with Crippen LogP contribution in [-0.2, 0) is 0 Å². The van der Waals surface area contributed by atoms with Gasteiger partial charge in [0.05, 0.1) is 6.04 Å². The zero-order chi connectivity index (χ0) is 14.9. The molecule has 1 heterocycles. The molecule has 0 saturated heterocycles. The van der Waals surface area contributed by atoms with E-state index >= 15 is 0 Å². The molecular weight excluding hydrogens is 270 g/mol. The van der Waals surface area contributed by atoms with Gasteiger partial charge in [-0.15, -0.1) is 0 Å². The molecule has 0 aliphatic heterocycles. The topological polar surface area (TPSA) is 25.2 Å². The predicted molar refractivity (Wildman–Crippen MR) is 84.6 cm³/mol. The summed E-state index contributed by atoms with van der Waals surface area (Å²) < 4.78 is 5.67. The van der Waals surface area contributed by atoms with Crippen molar-refractivity contribution in [2.24, 2.45) is 0 Å². The number of aryl methyl sites for hydroxylation is 4. The molecule has 0 bridgehead atoms. The smallest absolute Gasteiger partial charge is 0.106 e. The Bertz CT molecular complexity index is 616. The number of nitrogens with one attached hydrogen (secondary N) is 1. The maximum atomic E-state index is 6.47. The summed E-state index contributed by atoms with van der Waals surface area (Å²) in [7, 11) is 0. The summed E-state index contributed by atoms with van der Waals surface area (Å²) in [6.45, 7) is 11.1. The Morgan fingerprint density at radius 2 is 1.70 bits per heavy atom. The van der Waals surface area contributed by atoms with E-state index in [0.29, 0.717) is 0 Å². The van der Waals surface area contributed by atoms with Crippen LogP contribution >= 0.6 is 11.6 Å². The van der Waals surface area contributed by atoms with Crippen LogP contribution in [0.25, 0.3) is 0 Å². The van der Waals surface area contributed by atoms with E-state index in [-0.39, 0.29) is 6.04 Å². The van der Waals surface area contributed by atoms with E-state index in [2.05, 4.69) is 38.2 Å². The van der Waals surface area contributed by atoms with E-state index in [1.54, 1.807) is 0 Å². The summed E-state index contributed by atoms with van der Waals surface area (Å²) in [6, 6.07) is 6.38. The summed E-state index contributed by atoms with van der Waals surface area (Å²) in [4.78, 5) is 0. The van der Waals surface area contributed by atoms with Gasteiger partial charge in [0.1, 0.15) is 11.5 Å². The van der Waals surface area contributed by atoms with Crippen LogP contribution in [0.2, 0.25) is 5.02 Å². The molecule has 1 unspecified atom stereocenters. The van der Waals surface area contributed by atoms with E-state index in [1.807, 2.05) is 19.9 Å². The van der Waals surface area contributed by atoms with Gasteiger partial charge in [0.25, 0.3) is 0 Å². The highest BCUT2D eigenvalue weighted by molar-refractivity contribution is 6.31. The molecule has 1 N–H and O–H groups in total. The Balaban J connectivity index is 2.54. The van der Waals surface area contributed by atoms with Gasteiger partial charge in [-0.25, -0.2) is 0 Å². The minimum Gasteiger partial charge on any atom is -0.466 e. The molecule has 2 nitrogen and oxygen atoms in total. The third-order valence-electron chi connectivity index (χ3n) is 3.72. The molecule has 0 saturated carbocycles. The molecule has 108 valence electrons. The van der Waals surface area contributed by atoms with E-state index in [0.717, 1.165) is 34.2 Å². The van der Waals surface area contributed by atoms with Crippen LogP contribution in [0.4, 0.5) is 0 Å². The minimum atomic E-state index is 0.0734. The molecule has 0 spiro atoms. The van der Waals surface area contributed by atoms with Crippen LogP contribution in [-0.4, -0.2) is 6.54 Å². The summed E-state index contributed by atoms with van der Waals surface area (Å²) in [5, 5.41) is 4.32. The maximum absolute atomic E-state index is 6.47. The molecule has 1 aromatic heterocycles. The van der Waals surface area contributed by atoms with Crippen molar-refractivity contribution >= 4 is 11.6 Å². The van der Waals surface area contributed by atoms with Crippen LogP contribution in [0.3, 0.4) is 0 Å². The number of rotatable bonds is 4. The molecule has 0 aliphatic rings. The molecule has 2 rings (SSSR count). The lowest BCUT2D eigenvalue weighted by atomic mass is 9.95. The molecule has 20 heavy (non-hydrogen) atoms. The van der Waals surface area contributed by atoms with Crippen LogP contribution in [0.5, 0.6) is 0 Å². The third-order valence-corrected chi connectivity index (χ3v) is 4.05. The van der Waals surface area contributed by atoms with Gasteiger partial charge in [-0.05, 0) is 63.1 Å². The summed E-state index contributed by atoms with van der Waals surface area (Å²) >= 11 is 6.47. The van der Waals surface area contributed by atoms with Gasteiger partial charge in [0.15, 0.2) is 0 Å². The second-order valence-electron chi connectivity index (χ2n) is 5.32. The number of halogens is 1. The van der Waals surface area contributed by atoms with E-state index < -0.39 is 0 Å². The van der Waals surface area contributed by atoms with E-state index in [1.165, 1.54) is 11.1 Å². The first kappa shape index (κ1) is 15.1. The summed E-state index contributed by atoms with van der Waals surface area (Å²) in [6.07, 6.45) is 0. The second kappa shape index (κ2) is 6.02. The van der Waals surface area contributed by atoms with Crippen molar-refractivity contribution in [3.05, 3.63) is 57.0 Å². The zero-order valence-corrected chi connectivity index (χ0v) is 13.6. The van der Waals surface area contributed by atoms with Crippen LogP contribution < -0.4 is 5.32 Å². The van der Waals surface area contributed by atoms with Gasteiger partial charge in [-0.3, -0.25) is 0 Å². The normalized spacial score (nSPS) is 12.7. The molecule has 3 heteroatoms. The number of furan rings is 1. The van der Waals surface area contributed by atoms with Gasteiger partial charge in [0, 0.05) is 10.6 Å². The lowest BCUT2D eigenvalue weighted by Crippen LogP contribution is -2.22. The Hall–Kier alpha value is -1.25. The molecule has 1 aromatic carbocycles. The number of hydrogen-bond acceptors (Lipinski definition) is 2. The van der Waals surface area contributed by atoms with Gasteiger partial charge in [0.2, 0.25) is 0 Å². The summed E-state index contributed by atoms with van der Waals surface area (Å²) in [5.41, 5.74) is 4.74. The molecule has 2 aromatic rings. The first-order valence-electron chi connectivity index (χ1n) is 7.01. The lowest BCUT2D eigenvalue weighted by Gasteiger charge is -2.20. The quantitative estimate of drug-likeness (QED) is 0.870. The standard InChI is InChI=1S/C17H22ClNO/c1-6-19-17(14-9-12(4)20-13(14)5)15-7-10(2)11(3)8-16(15)18/h7-9,17,19H,6H2,1-5H3. The van der Waals surface area contributed by atoms with Crippen molar-refractivity contribution < 1.29 is 4.42 Å². The first-order valence-corrected chi connectivity index (χ1v) is 7.38. The SMILES string of the molecule is CCNC(c1cc(C)c(C)cc1Cl)c1cc(C)oc1C. The number of benzene rings is 1. The van der Waals surface area contributed by atoms with Crippen LogP contribution in [0.1, 0.15) is 46.7 Å². The Morgan fingerprint density at radius 3 is 2.25 bits per heavy atom. The lowest BCUT2D eigenvalue weighted by molar-refractivity contribution is 0.495. The van der Waals surface area contributed by atoms with Crippen molar-refractivity contribution in [3.63, 3.8) is 0 Å². The molecule has 0 fully saturated rings. The van der Waals surface area contributed by atoms with Gasteiger partial charge < -0.3 is 9.73 Å². The molecule has 0 aliphatic carbocycles. The van der Waals surface area contributed by atoms with E-state index in [9.17, 15) is 0 Å². The fraction of sp³-hybridized carbons (Fsp3) is 0.412. The van der Waals surface area contributed by atoms with E-state index in [4.69, 9.17) is 16.0 Å². The Morgan fingerprint density at radius 1 is 1.05 bits per heavy atom. The van der Waals surface area contributed by atoms with Crippen molar-refractivity contribution in [3.8, 4) is 0 Å². The molecule has 1 atom stereocenters. The Labute approximate surface area is 126 Å². The fourth-order valence-electron chi connectivity index (χ4n) is 2.55. The van der Waals surface area contributed by atoms with Crippen LogP contribution in [0, 0.1) is 27.7 Å². The summed E-state index contributed by atoms with van der Waals surface area (Å²) in [5.74, 6) is 1.88. The van der Waals surface area contributed by atoms with Gasteiger partial charge >= 0.3 is 0 Å². The Kier molecular flexibility index (Phi) is 4.56. The zero-order valence-electron chi connectivity index (χ0n) is 12.8. The molecular formula is C17H22ClNO. The predicted octanol–water partition coefficient (Wildman–Crippen LogP) is 4.87. The highest BCUT2D eigenvalue weighted by Gasteiger charge is 2.21. The second-order valence-corrected chi connectivity index (χ2v) is 5.72. The van der Waals surface area contributed by atoms with Crippen LogP contribution in [0.15, 0.2) is 22.6 Å². The van der Waals surface area contributed by atoms with Crippen molar-refractivity contribution in [2.75, 3.05) is 6.54 Å². The first-order chi connectivity index (χ1) is 9.43. The monoisotopic (exact) mass is 291 g/mol. The average molecular weight is 292 g/mol. The van der Waals surface area contributed by atoms with Gasteiger partial charge in [-0.1, -0.05) is 24.6 Å². The highest BCUT2D eigenvalue weighted by atomic mass is 35.5. The fourth-order valence-corrected chi connectivity index (χ4v) is 2.88. The minimum absolute atomic E-state index is 0.0734. The molecule has 0 radical (unpaired) electrons. The van der Waals surface area contributed by atoms with Crippen molar-refractivity contribution in [2.45, 2.75) is 40.7 Å². The highest BCUT2D eigenvalue weighted by Crippen LogP contribution is 2.33. The average Bonchev–Trinajstić information content (AvgIpc) is 2.70. The maximum Gasteiger partial charge on any atom is 0.106 e. The van der Waals surface area contributed by atoms with Crippen molar-refractivity contribution in [1.29, 1.82) is 0 Å².